The van der Waals surface area contributed by atoms with E-state index in [1.54, 1.807) is 12.1 Å². The molecule has 0 aromatic heterocycles. The van der Waals surface area contributed by atoms with Gasteiger partial charge in [0.15, 0.2) is 6.61 Å². The minimum absolute atomic E-state index is 0.117. The summed E-state index contributed by atoms with van der Waals surface area (Å²) in [6, 6.07) is 15.7. The lowest BCUT2D eigenvalue weighted by molar-refractivity contribution is -0.136. The fourth-order valence-electron chi connectivity index (χ4n) is 3.57. The van der Waals surface area contributed by atoms with Gasteiger partial charge >= 0.3 is 5.97 Å². The van der Waals surface area contributed by atoms with Crippen molar-refractivity contribution in [2.75, 3.05) is 17.5 Å². The largest absolute Gasteiger partial charge is 0.454 e. The molecule has 0 amide bonds. The van der Waals surface area contributed by atoms with E-state index in [1.165, 1.54) is 34.6 Å². The highest BCUT2D eigenvalue weighted by molar-refractivity contribution is 7.92. The molecule has 0 spiro atoms. The lowest BCUT2D eigenvalue weighted by Crippen LogP contribution is -2.29. The molecule has 0 bridgehead atoms. The van der Waals surface area contributed by atoms with Gasteiger partial charge < -0.3 is 4.74 Å². The van der Waals surface area contributed by atoms with Crippen LogP contribution < -0.4 is 4.31 Å². The number of ether oxygens (including phenoxy) is 1. The van der Waals surface area contributed by atoms with Crippen molar-refractivity contribution in [1.29, 1.82) is 0 Å². The average molecular weight is 483 g/mol. The summed E-state index contributed by atoms with van der Waals surface area (Å²) >= 11 is 0. The van der Waals surface area contributed by atoms with Crippen LogP contribution in [0.1, 0.15) is 21.5 Å². The molecule has 1 aliphatic rings. The average Bonchev–Trinajstić information content (AvgIpc) is 3.28. The Kier molecular flexibility index (Phi) is 6.56. The predicted molar refractivity (Wildman–Crippen MR) is 122 cm³/mol. The predicted octanol–water partition coefficient (Wildman–Crippen LogP) is 4.16. The quantitative estimate of drug-likeness (QED) is 0.287. The Morgan fingerprint density at radius 1 is 1.00 bits per heavy atom. The van der Waals surface area contributed by atoms with Gasteiger partial charge in [0.2, 0.25) is 5.78 Å². The van der Waals surface area contributed by atoms with Crippen molar-refractivity contribution in [3.05, 3.63) is 101 Å². The lowest BCUT2D eigenvalue weighted by atomic mass is 10.1. The maximum atomic E-state index is 13.6. The molecule has 0 saturated heterocycles. The number of sulfonamides is 1. The summed E-state index contributed by atoms with van der Waals surface area (Å²) in [5.41, 5.74) is 1.67. The lowest BCUT2D eigenvalue weighted by Gasteiger charge is -2.19. The van der Waals surface area contributed by atoms with Gasteiger partial charge in [-0.3, -0.25) is 9.10 Å². The third kappa shape index (κ3) is 4.89. The molecule has 3 aromatic carbocycles. The smallest absolute Gasteiger partial charge is 0.331 e. The van der Waals surface area contributed by atoms with Gasteiger partial charge in [-0.15, -0.1) is 0 Å². The molecule has 3 aromatic rings. The van der Waals surface area contributed by atoms with E-state index < -0.39 is 45.6 Å². The first-order valence-corrected chi connectivity index (χ1v) is 11.7. The Morgan fingerprint density at radius 3 is 2.50 bits per heavy atom. The Balaban J connectivity index is 1.38. The molecule has 9 heteroatoms. The number of halogens is 2. The van der Waals surface area contributed by atoms with Crippen LogP contribution in [0.4, 0.5) is 14.5 Å². The molecule has 0 atom stereocenters. The van der Waals surface area contributed by atoms with Crippen LogP contribution in [0.3, 0.4) is 0 Å². The van der Waals surface area contributed by atoms with Crippen molar-refractivity contribution in [2.24, 2.45) is 0 Å². The number of Topliss-reactive ketones (excluding diaryl/α,β-unsaturated/α-hetero) is 1. The summed E-state index contributed by atoms with van der Waals surface area (Å²) in [6.07, 6.45) is 3.08. The van der Waals surface area contributed by atoms with Crippen LogP contribution in [0.5, 0.6) is 0 Å². The Hall–Kier alpha value is -3.85. The molecule has 4 rings (SSSR count). The molecule has 6 nitrogen and oxygen atoms in total. The van der Waals surface area contributed by atoms with Gasteiger partial charge in [-0.05, 0) is 60.0 Å². The van der Waals surface area contributed by atoms with E-state index in [0.29, 0.717) is 24.2 Å². The summed E-state index contributed by atoms with van der Waals surface area (Å²) in [6.45, 7) is -0.383. The number of hydrogen-bond acceptors (Lipinski definition) is 5. The first kappa shape index (κ1) is 23.3. The number of anilines is 1. The highest BCUT2D eigenvalue weighted by Crippen LogP contribution is 2.32. The monoisotopic (exact) mass is 483 g/mol. The molecule has 1 aliphatic heterocycles. The number of benzene rings is 3. The minimum atomic E-state index is -3.73. The molecule has 0 aliphatic carbocycles. The first-order valence-electron chi connectivity index (χ1n) is 10.3. The molecule has 1 heterocycles. The van der Waals surface area contributed by atoms with E-state index in [2.05, 4.69) is 0 Å². The second-order valence-corrected chi connectivity index (χ2v) is 9.38. The van der Waals surface area contributed by atoms with Gasteiger partial charge in [0.25, 0.3) is 10.0 Å². The van der Waals surface area contributed by atoms with Crippen molar-refractivity contribution >= 4 is 33.5 Å². The number of carbonyl (C=O) groups is 2. The van der Waals surface area contributed by atoms with Crippen LogP contribution >= 0.6 is 0 Å². The van der Waals surface area contributed by atoms with Crippen LogP contribution in [-0.4, -0.2) is 33.3 Å². The van der Waals surface area contributed by atoms with Crippen LogP contribution in [0, 0.1) is 11.6 Å². The van der Waals surface area contributed by atoms with Crippen molar-refractivity contribution in [2.45, 2.75) is 11.3 Å². The fraction of sp³-hybridized carbons (Fsp3) is 0.120. The van der Waals surface area contributed by atoms with E-state index in [9.17, 15) is 26.8 Å². The summed E-state index contributed by atoms with van der Waals surface area (Å²) in [5.74, 6) is -3.44. The Labute approximate surface area is 195 Å². The summed E-state index contributed by atoms with van der Waals surface area (Å²) in [4.78, 5) is 24.0. The normalized spacial score (nSPS) is 13.2. The van der Waals surface area contributed by atoms with Gasteiger partial charge in [-0.2, -0.15) is 0 Å². The van der Waals surface area contributed by atoms with E-state index in [-0.39, 0.29) is 4.90 Å². The Morgan fingerprint density at radius 2 is 1.74 bits per heavy atom. The van der Waals surface area contributed by atoms with Crippen LogP contribution in [0.15, 0.2) is 77.7 Å². The number of hydrogen-bond donors (Lipinski definition) is 0. The van der Waals surface area contributed by atoms with Crippen LogP contribution in [-0.2, 0) is 26.0 Å². The summed E-state index contributed by atoms with van der Waals surface area (Å²) in [5, 5.41) is 0. The van der Waals surface area contributed by atoms with Crippen LogP contribution in [0.25, 0.3) is 6.08 Å². The molecule has 0 fully saturated rings. The SMILES string of the molecule is O=C(/C=C/c1ccc(S(=O)(=O)N2CCc3ccccc32)cc1)OCC(=O)c1cc(F)ccc1F. The zero-order chi connectivity index (χ0) is 24.3. The molecule has 0 radical (unpaired) electrons. The fourth-order valence-corrected chi connectivity index (χ4v) is 5.08. The van der Waals surface area contributed by atoms with Gasteiger partial charge in [0.05, 0.1) is 16.1 Å². The van der Waals surface area contributed by atoms with E-state index in [1.807, 2.05) is 12.1 Å². The standard InChI is InChI=1S/C25H19F2NO5S/c26-19-8-11-22(27)21(15-19)24(29)16-33-25(30)12-7-17-5-9-20(10-6-17)34(31,32)28-14-13-18-3-1-2-4-23(18)28/h1-12,15H,13-14,16H2/b12-7+. The van der Waals surface area contributed by atoms with Gasteiger partial charge in [-0.25, -0.2) is 22.0 Å². The van der Waals surface area contributed by atoms with Crippen molar-refractivity contribution in [3.8, 4) is 0 Å². The molecule has 0 saturated carbocycles. The second kappa shape index (κ2) is 9.56. The third-order valence-electron chi connectivity index (χ3n) is 5.30. The molecular formula is C25H19F2NO5S. The molecule has 34 heavy (non-hydrogen) atoms. The zero-order valence-corrected chi connectivity index (χ0v) is 18.6. The molecule has 174 valence electrons. The highest BCUT2D eigenvalue weighted by Gasteiger charge is 2.30. The number of fused-ring (bicyclic) bond motifs is 1. The van der Waals surface area contributed by atoms with Gasteiger partial charge in [-0.1, -0.05) is 30.3 Å². The molecule has 0 N–H and O–H groups in total. The topological polar surface area (TPSA) is 80.8 Å². The van der Waals surface area contributed by atoms with E-state index in [0.717, 1.165) is 29.8 Å². The first-order chi connectivity index (χ1) is 16.3. The number of esters is 1. The van der Waals surface area contributed by atoms with Crippen LogP contribution in [0.2, 0.25) is 0 Å². The number of carbonyl (C=O) groups excluding carboxylic acids is 2. The highest BCUT2D eigenvalue weighted by atomic mass is 32.2. The third-order valence-corrected chi connectivity index (χ3v) is 7.13. The zero-order valence-electron chi connectivity index (χ0n) is 17.8. The van der Waals surface area contributed by atoms with Gasteiger partial charge in [0, 0.05) is 12.6 Å². The Bertz CT molecular complexity index is 1380. The van der Waals surface area contributed by atoms with Crippen molar-refractivity contribution in [3.63, 3.8) is 0 Å². The summed E-state index contributed by atoms with van der Waals surface area (Å²) in [7, 11) is -3.73. The second-order valence-electron chi connectivity index (χ2n) is 7.51. The van der Waals surface area contributed by atoms with E-state index >= 15 is 0 Å². The van der Waals surface area contributed by atoms with Gasteiger partial charge in [0.1, 0.15) is 11.6 Å². The van der Waals surface area contributed by atoms with Crippen molar-refractivity contribution < 1.29 is 31.5 Å². The number of nitrogens with zero attached hydrogens (tertiary/aromatic N) is 1. The van der Waals surface area contributed by atoms with Crippen molar-refractivity contribution in [1.82, 2.24) is 0 Å². The number of para-hydroxylation sites is 1. The number of ketones is 1. The molecular weight excluding hydrogens is 464 g/mol. The summed E-state index contributed by atoms with van der Waals surface area (Å²) < 4.78 is 59.0. The number of rotatable bonds is 7. The molecule has 0 unspecified atom stereocenters. The van der Waals surface area contributed by atoms with E-state index in [4.69, 9.17) is 4.74 Å². The minimum Gasteiger partial charge on any atom is -0.454 e. The maximum Gasteiger partial charge on any atom is 0.331 e. The maximum absolute atomic E-state index is 13.6.